The summed E-state index contributed by atoms with van der Waals surface area (Å²) in [6, 6.07) is 5.55. The lowest BCUT2D eigenvalue weighted by atomic mass is 9.66. The Balaban J connectivity index is 1.43. The first kappa shape index (κ1) is 25.7. The molecular weight excluding hydrogens is 522 g/mol. The van der Waals surface area contributed by atoms with Crippen LogP contribution in [-0.2, 0) is 21.7 Å². The van der Waals surface area contributed by atoms with Crippen LogP contribution in [0.1, 0.15) is 61.0 Å². The van der Waals surface area contributed by atoms with E-state index in [0.717, 1.165) is 29.8 Å². The van der Waals surface area contributed by atoms with Gasteiger partial charge in [-0.15, -0.1) is 5.10 Å². The van der Waals surface area contributed by atoms with Crippen molar-refractivity contribution in [2.24, 2.45) is 5.41 Å². The molecule has 2 aliphatic carbocycles. The topological polar surface area (TPSA) is 107 Å². The second-order valence-electron chi connectivity index (χ2n) is 11.0. The monoisotopic (exact) mass is 550 g/mol. The number of benzene rings is 1. The fourth-order valence-electron chi connectivity index (χ4n) is 6.35. The number of rotatable bonds is 6. The summed E-state index contributed by atoms with van der Waals surface area (Å²) in [6.07, 6.45) is 6.50. The van der Waals surface area contributed by atoms with E-state index in [9.17, 15) is 13.0 Å². The third kappa shape index (κ3) is 3.89. The summed E-state index contributed by atoms with van der Waals surface area (Å²) in [5.41, 5.74) is 2.59. The van der Waals surface area contributed by atoms with E-state index in [1.165, 1.54) is 24.5 Å². The predicted molar refractivity (Wildman–Crippen MR) is 144 cm³/mol. The lowest BCUT2D eigenvalue weighted by Crippen LogP contribution is -2.38. The molecule has 1 aromatic carbocycles. The molecule has 3 atom stereocenters. The van der Waals surface area contributed by atoms with Crippen LogP contribution in [0.5, 0.6) is 0 Å². The minimum absolute atomic E-state index is 0.107. The number of oxazole rings is 1. The van der Waals surface area contributed by atoms with Crippen LogP contribution >= 0.6 is 0 Å². The molecule has 11 heteroatoms. The molecule has 1 saturated carbocycles. The highest BCUT2D eigenvalue weighted by molar-refractivity contribution is 7.97. The molecule has 3 aromatic heterocycles. The van der Waals surface area contributed by atoms with E-state index in [4.69, 9.17) is 9.40 Å². The number of aryl methyl sites for hydroxylation is 1. The number of nitrogens with one attached hydrogen (secondary N) is 1. The largest absolute Gasteiger partial charge is 0.440 e. The van der Waals surface area contributed by atoms with Crippen LogP contribution in [0.15, 0.2) is 41.1 Å². The van der Waals surface area contributed by atoms with Crippen molar-refractivity contribution in [3.8, 4) is 22.8 Å². The van der Waals surface area contributed by atoms with Crippen LogP contribution < -0.4 is 4.72 Å². The van der Waals surface area contributed by atoms with Gasteiger partial charge in [0, 0.05) is 22.2 Å². The molecule has 4 aromatic rings. The smallest absolute Gasteiger partial charge is 0.247 e. The normalized spacial score (nSPS) is 22.6. The minimum atomic E-state index is -2.40. The highest BCUT2D eigenvalue weighted by Crippen LogP contribution is 2.69. The van der Waals surface area contributed by atoms with Gasteiger partial charge in [-0.25, -0.2) is 23.5 Å². The summed E-state index contributed by atoms with van der Waals surface area (Å²) < 4.78 is 49.8. The number of fused-ring (bicyclic) bond motifs is 5. The number of nitrogens with zero attached hydrogens (tertiary/aromatic N) is 5. The quantitative estimate of drug-likeness (QED) is 0.346. The molecule has 0 spiro atoms. The van der Waals surface area contributed by atoms with E-state index in [2.05, 4.69) is 44.6 Å². The Morgan fingerprint density at radius 3 is 2.62 bits per heavy atom. The maximum Gasteiger partial charge on any atom is 0.247 e. The van der Waals surface area contributed by atoms with E-state index in [1.54, 1.807) is 25.4 Å². The van der Waals surface area contributed by atoms with Gasteiger partial charge in [0.1, 0.15) is 23.1 Å². The first-order valence-electron chi connectivity index (χ1n) is 12.6. The average molecular weight is 551 g/mol. The van der Waals surface area contributed by atoms with Gasteiger partial charge < -0.3 is 4.42 Å². The van der Waals surface area contributed by atoms with E-state index < -0.39 is 26.8 Å². The third-order valence-electron chi connectivity index (χ3n) is 8.33. The zero-order valence-electron chi connectivity index (χ0n) is 22.1. The molecule has 0 saturated heterocycles. The Morgan fingerprint density at radius 2 is 1.90 bits per heavy atom. The Morgan fingerprint density at radius 1 is 1.15 bits per heavy atom. The summed E-state index contributed by atoms with van der Waals surface area (Å²) in [5.74, 6) is 3.26. The van der Waals surface area contributed by atoms with Crippen LogP contribution in [0.2, 0.25) is 0 Å². The molecule has 6 rings (SSSR count). The van der Waals surface area contributed by atoms with Crippen molar-refractivity contribution < 1.29 is 17.4 Å². The van der Waals surface area contributed by atoms with E-state index >= 15 is 0 Å². The lowest BCUT2D eigenvalue weighted by Gasteiger charge is -2.37. The van der Waals surface area contributed by atoms with Crippen molar-refractivity contribution in [2.75, 3.05) is 6.26 Å². The lowest BCUT2D eigenvalue weighted by molar-refractivity contribution is 0.242. The fourth-order valence-corrected chi connectivity index (χ4v) is 6.80. The molecular formula is C28H28F2N6O2S. The predicted octanol–water partition coefficient (Wildman–Crippen LogP) is 4.73. The first-order valence-corrected chi connectivity index (χ1v) is 14.7. The van der Waals surface area contributed by atoms with Crippen molar-refractivity contribution in [1.82, 2.24) is 29.9 Å². The van der Waals surface area contributed by atoms with Crippen molar-refractivity contribution >= 4 is 15.6 Å². The fraction of sp³-hybridized carbons (Fsp3) is 0.357. The standard InChI is InChI=1S/C28H28F2N6O2S/c1-15-21(13-32-39(4,5)37)34-26(38-15)22-12-31-14-23(33-22)28-10-9-17(27(28,2)3)16-11-20(35-36-25(16)28)24-18(29)7-6-8-19(24)30/h6-8,11-12,14,17H,4,9-10,13H2,1-3,5H3,(H,32,37)/t17-,28-,39?/m0/s1. The highest BCUT2D eigenvalue weighted by atomic mass is 32.2. The Hall–Kier alpha value is -3.57. The molecule has 3 heterocycles. The van der Waals surface area contributed by atoms with E-state index in [1.807, 2.05) is 0 Å². The third-order valence-corrected chi connectivity index (χ3v) is 9.08. The zero-order chi connectivity index (χ0) is 27.7. The number of halogens is 2. The van der Waals surface area contributed by atoms with Crippen molar-refractivity contribution in [1.29, 1.82) is 0 Å². The van der Waals surface area contributed by atoms with Gasteiger partial charge >= 0.3 is 0 Å². The first-order chi connectivity index (χ1) is 18.4. The van der Waals surface area contributed by atoms with Crippen LogP contribution in [0.4, 0.5) is 8.78 Å². The maximum absolute atomic E-state index is 14.5. The molecule has 0 aliphatic heterocycles. The second-order valence-corrected chi connectivity index (χ2v) is 13.3. The van der Waals surface area contributed by atoms with Crippen molar-refractivity contribution in [3.63, 3.8) is 0 Å². The SMILES string of the molecule is C=S(C)(=O)NCc1nc(-c2cncc([C@@]34CC[C@@H](c5cc(-c6c(F)cccc6F)nnc53)C4(C)C)n2)oc1C. The van der Waals surface area contributed by atoms with Gasteiger partial charge in [0.15, 0.2) is 0 Å². The van der Waals surface area contributed by atoms with Gasteiger partial charge in [-0.05, 0) is 60.7 Å². The highest BCUT2D eigenvalue weighted by Gasteiger charge is 2.65. The Bertz CT molecular complexity index is 1720. The minimum Gasteiger partial charge on any atom is -0.440 e. The van der Waals surface area contributed by atoms with Gasteiger partial charge in [0.25, 0.3) is 0 Å². The summed E-state index contributed by atoms with van der Waals surface area (Å²) in [6.45, 7) is 6.37. The molecule has 1 fully saturated rings. The number of hydrogen-bond donors (Lipinski definition) is 1. The summed E-state index contributed by atoms with van der Waals surface area (Å²) >= 11 is 0. The van der Waals surface area contributed by atoms with Gasteiger partial charge in [-0.1, -0.05) is 19.9 Å². The van der Waals surface area contributed by atoms with Crippen molar-refractivity contribution in [2.45, 2.75) is 51.5 Å². The molecule has 0 amide bonds. The van der Waals surface area contributed by atoms with Gasteiger partial charge in [0.05, 0.1) is 46.5 Å². The second kappa shape index (κ2) is 8.72. The molecule has 0 radical (unpaired) electrons. The van der Waals surface area contributed by atoms with Crippen LogP contribution in [0.25, 0.3) is 22.8 Å². The van der Waals surface area contributed by atoms with E-state index in [-0.39, 0.29) is 29.1 Å². The molecule has 1 unspecified atom stereocenters. The number of hydrogen-bond acceptors (Lipinski definition) is 7. The zero-order valence-corrected chi connectivity index (χ0v) is 22.9. The van der Waals surface area contributed by atoms with Crippen molar-refractivity contribution in [3.05, 3.63) is 76.7 Å². The molecule has 2 bridgehead atoms. The Kier molecular flexibility index (Phi) is 5.74. The average Bonchev–Trinajstić information content (AvgIpc) is 3.45. The molecule has 1 N–H and O–H groups in total. The molecule has 39 heavy (non-hydrogen) atoms. The maximum atomic E-state index is 14.5. The summed E-state index contributed by atoms with van der Waals surface area (Å²) in [4.78, 5) is 14.0. The van der Waals surface area contributed by atoms with Gasteiger partial charge in [0.2, 0.25) is 5.89 Å². The van der Waals surface area contributed by atoms with Crippen LogP contribution in [0.3, 0.4) is 0 Å². The van der Waals surface area contributed by atoms with Gasteiger partial charge in [-0.2, -0.15) is 5.10 Å². The van der Waals surface area contributed by atoms with Crippen LogP contribution in [-0.4, -0.2) is 41.5 Å². The molecule has 2 aliphatic rings. The molecule has 8 nitrogen and oxygen atoms in total. The summed E-state index contributed by atoms with van der Waals surface area (Å²) in [5, 5.41) is 8.87. The van der Waals surface area contributed by atoms with Gasteiger partial charge in [-0.3, -0.25) is 9.19 Å². The Labute approximate surface area is 225 Å². The van der Waals surface area contributed by atoms with E-state index in [0.29, 0.717) is 23.0 Å². The number of aromatic nitrogens is 5. The van der Waals surface area contributed by atoms with Crippen LogP contribution in [0, 0.1) is 24.0 Å². The molecule has 202 valence electrons. The summed E-state index contributed by atoms with van der Waals surface area (Å²) in [7, 11) is -2.40.